The van der Waals surface area contributed by atoms with Crippen LogP contribution in [0, 0.1) is 0 Å². The summed E-state index contributed by atoms with van der Waals surface area (Å²) in [7, 11) is 4.99. The molecule has 0 N–H and O–H groups in total. The molecule has 1 amide bonds. The van der Waals surface area contributed by atoms with Gasteiger partial charge in [0.05, 0.1) is 14.2 Å². The second-order valence-corrected chi connectivity index (χ2v) is 10.7. The molecule has 1 aromatic rings. The Labute approximate surface area is 235 Å². The number of likely N-dealkylation sites (tertiary alicyclic amines) is 1. The highest BCUT2D eigenvalue weighted by Gasteiger charge is 2.33. The van der Waals surface area contributed by atoms with Crippen molar-refractivity contribution in [2.45, 2.75) is 109 Å². The molecule has 0 aromatic heterocycles. The molecule has 1 heterocycles. The number of amides is 1. The molecular formula is C31H50N2O6. The van der Waals surface area contributed by atoms with Crippen LogP contribution >= 0.6 is 0 Å². The molecule has 2 rings (SSSR count). The molecule has 39 heavy (non-hydrogen) atoms. The van der Waals surface area contributed by atoms with E-state index >= 15 is 0 Å². The number of piperidine rings is 1. The lowest BCUT2D eigenvalue weighted by atomic mass is 9.95. The van der Waals surface area contributed by atoms with Crippen LogP contribution < -0.4 is 0 Å². The van der Waals surface area contributed by atoms with E-state index in [-0.39, 0.29) is 36.7 Å². The molecule has 0 spiro atoms. The molecule has 220 valence electrons. The van der Waals surface area contributed by atoms with Crippen LogP contribution in [-0.2, 0) is 30.4 Å². The zero-order valence-electron chi connectivity index (χ0n) is 24.4. The lowest BCUT2D eigenvalue weighted by Crippen LogP contribution is -2.51. The maximum atomic E-state index is 13.6. The number of ether oxygens (including phenoxy) is 3. The summed E-state index contributed by atoms with van der Waals surface area (Å²) in [5.41, 5.74) is 0.988. The lowest BCUT2D eigenvalue weighted by Gasteiger charge is -2.41. The third-order valence-corrected chi connectivity index (χ3v) is 7.68. The number of methoxy groups -OCH3 is 2. The normalized spacial score (nSPS) is 14.3. The minimum atomic E-state index is -0.213. The molecule has 1 fully saturated rings. The maximum absolute atomic E-state index is 13.6. The standard InChI is InChI=1S/C31H50N2O6/c1-32-23-21-28(22-24-32)33(31(36)39-25-26-15-9-8-10-16-26)27(17-11-4-6-13-19-29(34)37-2)18-12-5-7-14-20-30(35)38-3/h8-10,15-16,27-28H,4-7,11-14,17-25H2,1-3H3. The van der Waals surface area contributed by atoms with Gasteiger partial charge in [-0.1, -0.05) is 68.9 Å². The second kappa shape index (κ2) is 19.4. The van der Waals surface area contributed by atoms with Gasteiger partial charge >= 0.3 is 18.0 Å². The fourth-order valence-corrected chi connectivity index (χ4v) is 5.30. The highest BCUT2D eigenvalue weighted by atomic mass is 16.6. The predicted molar refractivity (Wildman–Crippen MR) is 152 cm³/mol. The van der Waals surface area contributed by atoms with Crippen LogP contribution in [-0.4, -0.2) is 74.3 Å². The predicted octanol–water partition coefficient (Wildman–Crippen LogP) is 6.12. The van der Waals surface area contributed by atoms with Gasteiger partial charge in [-0.25, -0.2) is 4.79 Å². The van der Waals surface area contributed by atoms with E-state index in [0.29, 0.717) is 12.8 Å². The van der Waals surface area contributed by atoms with E-state index in [4.69, 9.17) is 14.2 Å². The van der Waals surface area contributed by atoms with Crippen molar-refractivity contribution in [2.24, 2.45) is 0 Å². The maximum Gasteiger partial charge on any atom is 0.410 e. The van der Waals surface area contributed by atoms with Gasteiger partial charge in [0, 0.05) is 24.9 Å². The number of carbonyl (C=O) groups excluding carboxylic acids is 3. The first-order valence-corrected chi connectivity index (χ1v) is 14.8. The molecule has 0 saturated carbocycles. The van der Waals surface area contributed by atoms with Gasteiger partial charge in [0.2, 0.25) is 0 Å². The molecule has 1 aromatic carbocycles. The SMILES string of the molecule is COC(=O)CCCCCCC(CCCCCCC(=O)OC)N(C(=O)OCc1ccccc1)C1CCN(C)CC1. The topological polar surface area (TPSA) is 85.4 Å². The Morgan fingerprint density at radius 1 is 0.821 bits per heavy atom. The minimum absolute atomic E-state index is 0.114. The lowest BCUT2D eigenvalue weighted by molar-refractivity contribution is -0.141. The molecule has 1 saturated heterocycles. The number of unbranched alkanes of at least 4 members (excludes halogenated alkanes) is 6. The molecule has 8 nitrogen and oxygen atoms in total. The van der Waals surface area contributed by atoms with E-state index in [2.05, 4.69) is 16.8 Å². The van der Waals surface area contributed by atoms with Crippen molar-refractivity contribution < 1.29 is 28.6 Å². The highest BCUT2D eigenvalue weighted by Crippen LogP contribution is 2.26. The van der Waals surface area contributed by atoms with E-state index in [9.17, 15) is 14.4 Å². The van der Waals surface area contributed by atoms with Crippen LogP contribution in [0.25, 0.3) is 0 Å². The van der Waals surface area contributed by atoms with Gasteiger partial charge in [-0.15, -0.1) is 0 Å². The van der Waals surface area contributed by atoms with Crippen molar-refractivity contribution in [1.82, 2.24) is 9.80 Å². The van der Waals surface area contributed by atoms with Crippen LogP contribution in [0.5, 0.6) is 0 Å². The largest absolute Gasteiger partial charge is 0.469 e. The van der Waals surface area contributed by atoms with E-state index in [1.165, 1.54) is 14.2 Å². The number of esters is 2. The molecule has 0 radical (unpaired) electrons. The third kappa shape index (κ3) is 13.3. The summed E-state index contributed by atoms with van der Waals surface area (Å²) in [5.74, 6) is -0.315. The number of carbonyl (C=O) groups is 3. The summed E-state index contributed by atoms with van der Waals surface area (Å²) in [4.78, 5) is 40.8. The Hall–Kier alpha value is -2.61. The summed E-state index contributed by atoms with van der Waals surface area (Å²) < 4.78 is 15.4. The fourth-order valence-electron chi connectivity index (χ4n) is 5.30. The molecule has 0 aliphatic carbocycles. The first-order chi connectivity index (χ1) is 18.9. The summed E-state index contributed by atoms with van der Waals surface area (Å²) in [5, 5.41) is 0. The van der Waals surface area contributed by atoms with Crippen molar-refractivity contribution in [3.63, 3.8) is 0 Å². The second-order valence-electron chi connectivity index (χ2n) is 10.7. The molecule has 8 heteroatoms. The van der Waals surface area contributed by atoms with Crippen LogP contribution in [0.15, 0.2) is 30.3 Å². The number of nitrogens with zero attached hydrogens (tertiary/aromatic N) is 2. The van der Waals surface area contributed by atoms with Crippen LogP contribution in [0.4, 0.5) is 4.79 Å². The zero-order valence-corrected chi connectivity index (χ0v) is 24.4. The van der Waals surface area contributed by atoms with Crippen molar-refractivity contribution in [1.29, 1.82) is 0 Å². The van der Waals surface area contributed by atoms with Crippen LogP contribution in [0.1, 0.15) is 95.5 Å². The summed E-state index contributed by atoms with van der Waals surface area (Å²) in [6, 6.07) is 10.1. The number of rotatable bonds is 18. The average Bonchev–Trinajstić information content (AvgIpc) is 2.96. The Bertz CT molecular complexity index is 798. The fraction of sp³-hybridized carbons (Fsp3) is 0.710. The highest BCUT2D eigenvalue weighted by molar-refractivity contribution is 5.69. The monoisotopic (exact) mass is 546 g/mol. The Morgan fingerprint density at radius 2 is 1.33 bits per heavy atom. The minimum Gasteiger partial charge on any atom is -0.469 e. The van der Waals surface area contributed by atoms with Crippen molar-refractivity contribution in [3.8, 4) is 0 Å². The molecular weight excluding hydrogens is 496 g/mol. The van der Waals surface area contributed by atoms with Gasteiger partial charge in [0.15, 0.2) is 0 Å². The summed E-state index contributed by atoms with van der Waals surface area (Å²) in [6.07, 6.45) is 12.1. The van der Waals surface area contributed by atoms with Gasteiger partial charge in [-0.2, -0.15) is 0 Å². The number of benzene rings is 1. The average molecular weight is 547 g/mol. The first kappa shape index (κ1) is 32.6. The molecule has 0 unspecified atom stereocenters. The molecule has 1 aliphatic heterocycles. The molecule has 0 bridgehead atoms. The van der Waals surface area contributed by atoms with Crippen molar-refractivity contribution in [2.75, 3.05) is 34.4 Å². The smallest absolute Gasteiger partial charge is 0.410 e. The molecule has 0 atom stereocenters. The third-order valence-electron chi connectivity index (χ3n) is 7.68. The van der Waals surface area contributed by atoms with E-state index in [1.807, 2.05) is 30.3 Å². The van der Waals surface area contributed by atoms with Crippen LogP contribution in [0.2, 0.25) is 0 Å². The van der Waals surface area contributed by atoms with Gasteiger partial charge in [0.25, 0.3) is 0 Å². The summed E-state index contributed by atoms with van der Waals surface area (Å²) in [6.45, 7) is 2.22. The van der Waals surface area contributed by atoms with Crippen molar-refractivity contribution >= 4 is 18.0 Å². The Kier molecular flexibility index (Phi) is 16.3. The van der Waals surface area contributed by atoms with Gasteiger partial charge < -0.3 is 24.0 Å². The first-order valence-electron chi connectivity index (χ1n) is 14.8. The van der Waals surface area contributed by atoms with E-state index < -0.39 is 0 Å². The zero-order chi connectivity index (χ0) is 28.3. The molecule has 1 aliphatic rings. The van der Waals surface area contributed by atoms with Gasteiger partial charge in [0.1, 0.15) is 6.61 Å². The Morgan fingerprint density at radius 3 is 1.85 bits per heavy atom. The van der Waals surface area contributed by atoms with E-state index in [0.717, 1.165) is 95.7 Å². The quantitative estimate of drug-likeness (QED) is 0.125. The van der Waals surface area contributed by atoms with Gasteiger partial charge in [-0.3, -0.25) is 9.59 Å². The Balaban J connectivity index is 2.02. The van der Waals surface area contributed by atoms with E-state index in [1.54, 1.807) is 0 Å². The van der Waals surface area contributed by atoms with Gasteiger partial charge in [-0.05, 0) is 64.2 Å². The number of hydrogen-bond donors (Lipinski definition) is 0. The summed E-state index contributed by atoms with van der Waals surface area (Å²) >= 11 is 0. The van der Waals surface area contributed by atoms with Crippen LogP contribution in [0.3, 0.4) is 0 Å². The number of hydrogen-bond acceptors (Lipinski definition) is 7. The van der Waals surface area contributed by atoms with Crippen molar-refractivity contribution in [3.05, 3.63) is 35.9 Å².